The first-order valence-electron chi connectivity index (χ1n) is 7.36. The van der Waals surface area contributed by atoms with E-state index in [1.165, 1.54) is 43.9 Å². The van der Waals surface area contributed by atoms with E-state index in [0.29, 0.717) is 18.3 Å². The maximum absolute atomic E-state index is 13.8. The monoisotopic (exact) mass is 267 g/mol. The minimum atomic E-state index is -0.403. The molecule has 0 saturated heterocycles. The number of hydrogen-bond acceptors (Lipinski definition) is 1. The predicted octanol–water partition coefficient (Wildman–Crippen LogP) is 3.92. The molecule has 0 aromatic heterocycles. The Labute approximate surface area is 114 Å². The number of rotatable bonds is 6. The lowest BCUT2D eigenvalue weighted by Crippen LogP contribution is -2.29. The van der Waals surface area contributed by atoms with Crippen LogP contribution < -0.4 is 5.32 Å². The molecular weight excluding hydrogens is 244 g/mol. The van der Waals surface area contributed by atoms with Gasteiger partial charge in [-0.3, -0.25) is 0 Å². The van der Waals surface area contributed by atoms with Gasteiger partial charge in [-0.2, -0.15) is 0 Å². The smallest absolute Gasteiger partial charge is 0.129 e. The third-order valence-corrected chi connectivity index (χ3v) is 4.25. The SMILES string of the molecule is CCNCC(Cc1c(F)cccc1F)C1CCCC1. The summed E-state index contributed by atoms with van der Waals surface area (Å²) < 4.78 is 27.5. The van der Waals surface area contributed by atoms with Crippen molar-refractivity contribution in [1.29, 1.82) is 0 Å². The molecule has 1 aromatic carbocycles. The van der Waals surface area contributed by atoms with Crippen molar-refractivity contribution in [3.8, 4) is 0 Å². The predicted molar refractivity (Wildman–Crippen MR) is 74.1 cm³/mol. The van der Waals surface area contributed by atoms with Gasteiger partial charge in [-0.15, -0.1) is 0 Å². The summed E-state index contributed by atoms with van der Waals surface area (Å²) in [4.78, 5) is 0. The van der Waals surface area contributed by atoms with Crippen LogP contribution in [0.4, 0.5) is 8.78 Å². The van der Waals surface area contributed by atoms with Crippen LogP contribution in [0.3, 0.4) is 0 Å². The maximum atomic E-state index is 13.8. The fraction of sp³-hybridized carbons (Fsp3) is 0.625. The van der Waals surface area contributed by atoms with Crippen molar-refractivity contribution in [2.45, 2.75) is 39.0 Å². The van der Waals surface area contributed by atoms with Crippen LogP contribution in [-0.2, 0) is 6.42 Å². The molecule has 1 fully saturated rings. The molecule has 0 bridgehead atoms. The Morgan fingerprint density at radius 3 is 2.42 bits per heavy atom. The number of hydrogen-bond donors (Lipinski definition) is 1. The van der Waals surface area contributed by atoms with Gasteiger partial charge in [0.15, 0.2) is 0 Å². The number of nitrogens with one attached hydrogen (secondary N) is 1. The minimum absolute atomic E-state index is 0.261. The summed E-state index contributed by atoms with van der Waals surface area (Å²) in [5, 5.41) is 3.34. The van der Waals surface area contributed by atoms with E-state index in [-0.39, 0.29) is 5.56 Å². The molecule has 1 aliphatic carbocycles. The van der Waals surface area contributed by atoms with E-state index in [2.05, 4.69) is 12.2 Å². The Bertz CT molecular complexity index is 379. The highest BCUT2D eigenvalue weighted by molar-refractivity contribution is 5.20. The first-order valence-corrected chi connectivity index (χ1v) is 7.36. The molecule has 0 aliphatic heterocycles. The molecule has 19 heavy (non-hydrogen) atoms. The van der Waals surface area contributed by atoms with E-state index in [1.807, 2.05) is 0 Å². The quantitative estimate of drug-likeness (QED) is 0.823. The van der Waals surface area contributed by atoms with Gasteiger partial charge >= 0.3 is 0 Å². The first kappa shape index (κ1) is 14.4. The van der Waals surface area contributed by atoms with Crippen molar-refractivity contribution in [3.05, 3.63) is 35.4 Å². The van der Waals surface area contributed by atoms with E-state index >= 15 is 0 Å². The van der Waals surface area contributed by atoms with E-state index < -0.39 is 11.6 Å². The Morgan fingerprint density at radius 2 is 1.84 bits per heavy atom. The molecule has 0 heterocycles. The van der Waals surface area contributed by atoms with E-state index in [4.69, 9.17) is 0 Å². The molecule has 1 atom stereocenters. The topological polar surface area (TPSA) is 12.0 Å². The van der Waals surface area contributed by atoms with Crippen molar-refractivity contribution < 1.29 is 8.78 Å². The Balaban J connectivity index is 2.10. The molecule has 1 aliphatic rings. The average molecular weight is 267 g/mol. The number of benzene rings is 1. The highest BCUT2D eigenvalue weighted by Gasteiger charge is 2.26. The molecule has 1 saturated carbocycles. The van der Waals surface area contributed by atoms with Crippen LogP contribution >= 0.6 is 0 Å². The van der Waals surface area contributed by atoms with Crippen molar-refractivity contribution in [1.82, 2.24) is 5.32 Å². The molecule has 1 unspecified atom stereocenters. The van der Waals surface area contributed by atoms with E-state index in [1.54, 1.807) is 0 Å². The first-order chi connectivity index (χ1) is 9.22. The summed E-state index contributed by atoms with van der Waals surface area (Å²) in [6, 6.07) is 4.15. The average Bonchev–Trinajstić information content (AvgIpc) is 2.91. The summed E-state index contributed by atoms with van der Waals surface area (Å²) in [7, 11) is 0. The van der Waals surface area contributed by atoms with Gasteiger partial charge < -0.3 is 5.32 Å². The van der Waals surface area contributed by atoms with Crippen molar-refractivity contribution in [3.63, 3.8) is 0 Å². The van der Waals surface area contributed by atoms with Gasteiger partial charge in [0, 0.05) is 5.56 Å². The Kier molecular flexibility index (Phi) is 5.32. The van der Waals surface area contributed by atoms with Gasteiger partial charge in [-0.1, -0.05) is 38.7 Å². The van der Waals surface area contributed by atoms with Crippen molar-refractivity contribution in [2.24, 2.45) is 11.8 Å². The molecule has 1 aromatic rings. The summed E-state index contributed by atoms with van der Waals surface area (Å²) in [6.45, 7) is 3.83. The lowest BCUT2D eigenvalue weighted by Gasteiger charge is -2.24. The highest BCUT2D eigenvalue weighted by atomic mass is 19.1. The normalized spacial score (nSPS) is 17.8. The van der Waals surface area contributed by atoms with Crippen molar-refractivity contribution >= 4 is 0 Å². The Hall–Kier alpha value is -0.960. The van der Waals surface area contributed by atoms with Crippen LogP contribution in [0.2, 0.25) is 0 Å². The fourth-order valence-electron chi connectivity index (χ4n) is 3.15. The van der Waals surface area contributed by atoms with Crippen LogP contribution in [0.15, 0.2) is 18.2 Å². The molecule has 0 amide bonds. The van der Waals surface area contributed by atoms with Crippen molar-refractivity contribution in [2.75, 3.05) is 13.1 Å². The van der Waals surface area contributed by atoms with E-state index in [0.717, 1.165) is 13.1 Å². The third kappa shape index (κ3) is 3.75. The molecule has 1 N–H and O–H groups in total. The summed E-state index contributed by atoms with van der Waals surface area (Å²) >= 11 is 0. The minimum Gasteiger partial charge on any atom is -0.317 e. The zero-order valence-electron chi connectivity index (χ0n) is 11.6. The molecule has 3 heteroatoms. The molecule has 106 valence electrons. The lowest BCUT2D eigenvalue weighted by molar-refractivity contribution is 0.316. The van der Waals surface area contributed by atoms with Gasteiger partial charge in [0.05, 0.1) is 0 Å². The summed E-state index contributed by atoms with van der Waals surface area (Å²) in [5.41, 5.74) is 0.261. The van der Waals surface area contributed by atoms with Gasteiger partial charge in [-0.25, -0.2) is 8.78 Å². The lowest BCUT2D eigenvalue weighted by atomic mass is 9.85. The second kappa shape index (κ2) is 6.99. The molecule has 2 rings (SSSR count). The van der Waals surface area contributed by atoms with Crippen LogP contribution in [0.5, 0.6) is 0 Å². The Morgan fingerprint density at radius 1 is 1.21 bits per heavy atom. The van der Waals surface area contributed by atoms with Gasteiger partial charge in [-0.05, 0) is 43.5 Å². The molecule has 0 spiro atoms. The molecular formula is C16H23F2N. The largest absolute Gasteiger partial charge is 0.317 e. The van der Waals surface area contributed by atoms with Crippen LogP contribution in [0, 0.1) is 23.5 Å². The van der Waals surface area contributed by atoms with E-state index in [9.17, 15) is 8.78 Å². The van der Waals surface area contributed by atoms with Gasteiger partial charge in [0.1, 0.15) is 11.6 Å². The molecule has 1 nitrogen and oxygen atoms in total. The summed E-state index contributed by atoms with van der Waals surface area (Å²) in [6.07, 6.45) is 5.43. The number of halogens is 2. The maximum Gasteiger partial charge on any atom is 0.129 e. The highest BCUT2D eigenvalue weighted by Crippen LogP contribution is 2.33. The third-order valence-electron chi connectivity index (χ3n) is 4.25. The summed E-state index contributed by atoms with van der Waals surface area (Å²) in [5.74, 6) is 0.144. The van der Waals surface area contributed by atoms with Crippen LogP contribution in [0.1, 0.15) is 38.2 Å². The zero-order chi connectivity index (χ0) is 13.7. The van der Waals surface area contributed by atoms with Crippen LogP contribution in [0.25, 0.3) is 0 Å². The van der Waals surface area contributed by atoms with Gasteiger partial charge in [0.25, 0.3) is 0 Å². The second-order valence-corrected chi connectivity index (χ2v) is 5.52. The zero-order valence-corrected chi connectivity index (χ0v) is 11.6. The fourth-order valence-corrected chi connectivity index (χ4v) is 3.15. The van der Waals surface area contributed by atoms with Gasteiger partial charge in [0.2, 0.25) is 0 Å². The van der Waals surface area contributed by atoms with Crippen LogP contribution in [-0.4, -0.2) is 13.1 Å². The molecule has 0 radical (unpaired) electrons. The second-order valence-electron chi connectivity index (χ2n) is 5.52. The standard InChI is InChI=1S/C16H23F2N/c1-2-19-11-13(12-6-3-4-7-12)10-14-15(17)8-5-9-16(14)18/h5,8-9,12-13,19H,2-4,6-7,10-11H2,1H3.